The molecule has 102 valence electrons. The first-order chi connectivity index (χ1) is 8.01. The third kappa shape index (κ3) is 11.2. The summed E-state index contributed by atoms with van der Waals surface area (Å²) in [6, 6.07) is 0. The van der Waals surface area contributed by atoms with Gasteiger partial charge in [0, 0.05) is 18.7 Å². The van der Waals surface area contributed by atoms with Gasteiger partial charge in [0.1, 0.15) is 0 Å². The van der Waals surface area contributed by atoms with Crippen LogP contribution in [0.15, 0.2) is 29.5 Å². The van der Waals surface area contributed by atoms with Gasteiger partial charge in [-0.15, -0.1) is 0 Å². The van der Waals surface area contributed by atoms with Gasteiger partial charge in [0.2, 0.25) is 0 Å². The number of hydrogen-bond donors (Lipinski definition) is 0. The number of likely N-dealkylation sites (N-methyl/N-ethyl adjacent to an activating group) is 1. The highest BCUT2D eigenvalue weighted by atomic mass is 15.4. The zero-order valence-electron chi connectivity index (χ0n) is 13.3. The molecule has 0 bridgehead atoms. The lowest BCUT2D eigenvalue weighted by Gasteiger charge is -2.11. The first-order valence-electron chi connectivity index (χ1n) is 6.68. The Hall–Kier alpha value is -1.05. The molecule has 0 saturated carbocycles. The highest BCUT2D eigenvalue weighted by Gasteiger charge is 2.13. The predicted molar refractivity (Wildman–Crippen MR) is 82.4 cm³/mol. The van der Waals surface area contributed by atoms with Crippen molar-refractivity contribution in [1.82, 2.24) is 5.01 Å². The van der Waals surface area contributed by atoms with Gasteiger partial charge in [0.05, 0.1) is 5.70 Å². The molecule has 0 saturated heterocycles. The summed E-state index contributed by atoms with van der Waals surface area (Å²) in [7, 11) is 1.89. The van der Waals surface area contributed by atoms with E-state index in [0.29, 0.717) is 0 Å². The summed E-state index contributed by atoms with van der Waals surface area (Å²) in [6.45, 7) is 20.1. The highest BCUT2D eigenvalue weighted by Crippen LogP contribution is 2.19. The molecule has 0 aromatic carbocycles. The van der Waals surface area contributed by atoms with Crippen LogP contribution in [0.5, 0.6) is 0 Å². The van der Waals surface area contributed by atoms with Gasteiger partial charge >= 0.3 is 0 Å². The number of nitrogens with zero attached hydrogens (tertiary/aromatic N) is 2. The molecular weight excluding hydrogens is 208 g/mol. The van der Waals surface area contributed by atoms with Crippen molar-refractivity contribution in [3.63, 3.8) is 0 Å². The Balaban J connectivity index is -0.000000285. The van der Waals surface area contributed by atoms with Gasteiger partial charge < -0.3 is 0 Å². The maximum absolute atomic E-state index is 4.20. The predicted octanol–water partition coefficient (Wildman–Crippen LogP) is 5.09. The van der Waals surface area contributed by atoms with Crippen LogP contribution in [0.4, 0.5) is 0 Å². The summed E-state index contributed by atoms with van der Waals surface area (Å²) in [5.74, 6) is 0. The van der Waals surface area contributed by atoms with Crippen molar-refractivity contribution < 1.29 is 0 Å². The van der Waals surface area contributed by atoms with Crippen molar-refractivity contribution >= 4 is 6.21 Å². The molecule has 0 fully saturated rings. The molecular formula is C15H32N2. The highest BCUT2D eigenvalue weighted by molar-refractivity contribution is 5.68. The Kier molecular flexibility index (Phi) is 16.3. The molecule has 1 heterocycles. The zero-order chi connectivity index (χ0) is 14.5. The zero-order valence-corrected chi connectivity index (χ0v) is 13.3. The maximum Gasteiger partial charge on any atom is 0.0515 e. The molecule has 2 heteroatoms. The van der Waals surface area contributed by atoms with E-state index in [4.69, 9.17) is 0 Å². The van der Waals surface area contributed by atoms with Crippen molar-refractivity contribution in [3.8, 4) is 0 Å². The van der Waals surface area contributed by atoms with Gasteiger partial charge in [-0.3, -0.25) is 5.01 Å². The van der Waals surface area contributed by atoms with E-state index in [1.165, 1.54) is 0 Å². The van der Waals surface area contributed by atoms with Gasteiger partial charge in [-0.1, -0.05) is 68.0 Å². The maximum atomic E-state index is 4.20. The molecule has 0 radical (unpaired) electrons. The van der Waals surface area contributed by atoms with Crippen molar-refractivity contribution in [2.45, 2.75) is 55.4 Å². The largest absolute Gasteiger partial charge is 0.270 e. The van der Waals surface area contributed by atoms with Crippen LogP contribution in [0.2, 0.25) is 0 Å². The Morgan fingerprint density at radius 2 is 1.47 bits per heavy atom. The number of hydrogen-bond acceptors (Lipinski definition) is 2. The van der Waals surface area contributed by atoms with E-state index >= 15 is 0 Å². The number of rotatable bonds is 0. The lowest BCUT2D eigenvalue weighted by Crippen LogP contribution is -2.10. The van der Waals surface area contributed by atoms with Gasteiger partial charge in [0.25, 0.3) is 0 Å². The van der Waals surface area contributed by atoms with Gasteiger partial charge in [0.15, 0.2) is 0 Å². The Morgan fingerprint density at radius 3 is 1.88 bits per heavy atom. The van der Waals surface area contributed by atoms with Crippen LogP contribution in [-0.4, -0.2) is 18.3 Å². The molecule has 0 amide bonds. The van der Waals surface area contributed by atoms with Gasteiger partial charge in [-0.2, -0.15) is 5.10 Å². The van der Waals surface area contributed by atoms with Gasteiger partial charge in [-0.05, 0) is 6.08 Å². The second-order valence-corrected chi connectivity index (χ2v) is 3.41. The number of allylic oxidation sites excluding steroid dienone is 2. The molecule has 0 spiro atoms. The first-order valence-corrected chi connectivity index (χ1v) is 6.68. The first kappa shape index (κ1) is 21.3. The lowest BCUT2D eigenvalue weighted by atomic mass is 9.95. The lowest BCUT2D eigenvalue weighted by molar-refractivity contribution is 0.464. The molecule has 0 N–H and O–H groups in total. The van der Waals surface area contributed by atoms with Crippen LogP contribution in [0, 0.1) is 5.41 Å². The summed E-state index contributed by atoms with van der Waals surface area (Å²) in [5.41, 5.74) is 0.972. The van der Waals surface area contributed by atoms with E-state index < -0.39 is 0 Å². The van der Waals surface area contributed by atoms with Crippen LogP contribution in [0.1, 0.15) is 55.4 Å². The second kappa shape index (κ2) is 13.0. The average molecular weight is 240 g/mol. The standard InChI is InChI=1S/C9H14N2.3C2H6/c1-8-5-6-9(2,3)7-10-11(8)4;3*1-2/h5-7H,1H2,2-4H3;3*1-2H3. The van der Waals surface area contributed by atoms with E-state index in [1.54, 1.807) is 5.01 Å². The van der Waals surface area contributed by atoms with Crippen LogP contribution in [0.25, 0.3) is 0 Å². The van der Waals surface area contributed by atoms with Crippen LogP contribution >= 0.6 is 0 Å². The number of hydrazone groups is 1. The van der Waals surface area contributed by atoms with E-state index in [0.717, 1.165) is 5.70 Å². The summed E-state index contributed by atoms with van der Waals surface area (Å²) in [6.07, 6.45) is 6.01. The van der Waals surface area contributed by atoms with E-state index in [-0.39, 0.29) is 5.41 Å². The summed E-state index contributed by atoms with van der Waals surface area (Å²) < 4.78 is 0. The fourth-order valence-corrected chi connectivity index (χ4v) is 0.771. The topological polar surface area (TPSA) is 15.6 Å². The van der Waals surface area contributed by atoms with Crippen molar-refractivity contribution in [2.24, 2.45) is 10.5 Å². The van der Waals surface area contributed by atoms with Crippen molar-refractivity contribution in [1.29, 1.82) is 0 Å². The average Bonchev–Trinajstić information content (AvgIpc) is 2.50. The molecule has 2 nitrogen and oxygen atoms in total. The molecule has 1 aliphatic heterocycles. The Bertz CT molecular complexity index is 225. The fraction of sp³-hybridized carbons (Fsp3) is 0.667. The SMILES string of the molecule is C=C1C=CC(C)(C)C=NN1C.CC.CC.CC. The molecule has 17 heavy (non-hydrogen) atoms. The van der Waals surface area contributed by atoms with E-state index in [1.807, 2.05) is 60.9 Å². The van der Waals surface area contributed by atoms with Crippen molar-refractivity contribution in [3.05, 3.63) is 24.4 Å². The Morgan fingerprint density at radius 1 is 1.06 bits per heavy atom. The summed E-state index contributed by atoms with van der Waals surface area (Å²) in [4.78, 5) is 0. The minimum Gasteiger partial charge on any atom is -0.270 e. The third-order valence-electron chi connectivity index (χ3n) is 1.68. The van der Waals surface area contributed by atoms with Crippen molar-refractivity contribution in [2.75, 3.05) is 7.05 Å². The van der Waals surface area contributed by atoms with Crippen LogP contribution in [-0.2, 0) is 0 Å². The van der Waals surface area contributed by atoms with E-state index in [2.05, 4.69) is 31.6 Å². The molecule has 1 rings (SSSR count). The Labute approximate surface area is 109 Å². The normalized spacial score (nSPS) is 15.4. The fourth-order valence-electron chi connectivity index (χ4n) is 0.771. The molecule has 0 atom stereocenters. The monoisotopic (exact) mass is 240 g/mol. The quantitative estimate of drug-likeness (QED) is 0.575. The molecule has 0 unspecified atom stereocenters. The molecule has 0 aromatic rings. The van der Waals surface area contributed by atoms with Gasteiger partial charge in [-0.25, -0.2) is 0 Å². The van der Waals surface area contributed by atoms with Crippen LogP contribution in [0.3, 0.4) is 0 Å². The van der Waals surface area contributed by atoms with E-state index in [9.17, 15) is 0 Å². The smallest absolute Gasteiger partial charge is 0.0515 e. The molecule has 0 aromatic heterocycles. The second-order valence-electron chi connectivity index (χ2n) is 3.41. The summed E-state index contributed by atoms with van der Waals surface area (Å²) in [5, 5.41) is 5.97. The van der Waals surface area contributed by atoms with Crippen LogP contribution < -0.4 is 0 Å². The minimum absolute atomic E-state index is 0.0493. The molecule has 0 aliphatic carbocycles. The third-order valence-corrected chi connectivity index (χ3v) is 1.68. The molecule has 1 aliphatic rings. The summed E-state index contributed by atoms with van der Waals surface area (Å²) >= 11 is 0. The minimum atomic E-state index is 0.0493.